The second-order valence-corrected chi connectivity index (χ2v) is 10.4. The van der Waals surface area contributed by atoms with E-state index < -0.39 is 4.92 Å². The summed E-state index contributed by atoms with van der Waals surface area (Å²) in [5.41, 5.74) is 2.81. The molecule has 0 aliphatic carbocycles. The Balaban J connectivity index is 1.17. The molecule has 206 valence electrons. The first kappa shape index (κ1) is 27.9. The Kier molecular flexibility index (Phi) is 9.98. The minimum atomic E-state index is -0.451. The number of benzene rings is 2. The molecule has 2 aliphatic rings. The zero-order valence-corrected chi connectivity index (χ0v) is 22.8. The average molecular weight is 524 g/mol. The molecular formula is C30H41N3O5. The van der Waals surface area contributed by atoms with Crippen LogP contribution in [-0.2, 0) is 11.2 Å². The van der Waals surface area contributed by atoms with Crippen molar-refractivity contribution in [2.24, 2.45) is 0 Å². The van der Waals surface area contributed by atoms with Crippen LogP contribution < -0.4 is 9.47 Å². The molecule has 0 spiro atoms. The summed E-state index contributed by atoms with van der Waals surface area (Å²) in [4.78, 5) is 28.0. The van der Waals surface area contributed by atoms with Gasteiger partial charge >= 0.3 is 5.69 Å². The van der Waals surface area contributed by atoms with Crippen molar-refractivity contribution in [3.63, 3.8) is 0 Å². The molecule has 38 heavy (non-hydrogen) atoms. The smallest absolute Gasteiger partial charge is 0.311 e. The summed E-state index contributed by atoms with van der Waals surface area (Å²) in [6, 6.07) is 13.8. The Bertz CT molecular complexity index is 1060. The van der Waals surface area contributed by atoms with Crippen molar-refractivity contribution in [3.05, 3.63) is 63.7 Å². The number of nitro groups is 1. The SMILES string of the molecule is CCCc1ccc(C2CCN(CCC(=O)N3CCC(Oc4ccc([N+](=O)[O-])c(OCC)c4)CC3)CC2)cc1. The molecular weight excluding hydrogens is 482 g/mol. The number of carbonyl (C=O) groups is 1. The maximum atomic E-state index is 12.9. The highest BCUT2D eigenvalue weighted by atomic mass is 16.6. The summed E-state index contributed by atoms with van der Waals surface area (Å²) in [6.45, 7) is 8.60. The monoisotopic (exact) mass is 523 g/mol. The number of aryl methyl sites for hydroxylation is 1. The van der Waals surface area contributed by atoms with Crippen LogP contribution >= 0.6 is 0 Å². The molecule has 2 aromatic carbocycles. The van der Waals surface area contributed by atoms with E-state index in [-0.39, 0.29) is 23.4 Å². The Morgan fingerprint density at radius 1 is 1.00 bits per heavy atom. The summed E-state index contributed by atoms with van der Waals surface area (Å²) in [6.07, 6.45) is 6.65. The molecule has 0 unspecified atom stereocenters. The van der Waals surface area contributed by atoms with Gasteiger partial charge in [-0.3, -0.25) is 14.9 Å². The first-order chi connectivity index (χ1) is 18.5. The van der Waals surface area contributed by atoms with Gasteiger partial charge in [-0.2, -0.15) is 0 Å². The van der Waals surface area contributed by atoms with Gasteiger partial charge in [-0.15, -0.1) is 0 Å². The number of ether oxygens (including phenoxy) is 2. The lowest BCUT2D eigenvalue weighted by atomic mass is 9.88. The topological polar surface area (TPSA) is 85.2 Å². The van der Waals surface area contributed by atoms with E-state index in [9.17, 15) is 14.9 Å². The number of nitro benzene ring substituents is 1. The van der Waals surface area contributed by atoms with E-state index in [1.807, 2.05) is 4.90 Å². The number of amides is 1. The van der Waals surface area contributed by atoms with Crippen molar-refractivity contribution in [2.75, 3.05) is 39.3 Å². The van der Waals surface area contributed by atoms with Gasteiger partial charge in [0.15, 0.2) is 0 Å². The van der Waals surface area contributed by atoms with E-state index in [1.54, 1.807) is 19.1 Å². The van der Waals surface area contributed by atoms with E-state index in [2.05, 4.69) is 36.1 Å². The maximum Gasteiger partial charge on any atom is 0.311 e. The number of nitrogens with zero attached hydrogens (tertiary/aromatic N) is 3. The van der Waals surface area contributed by atoms with Crippen LogP contribution in [0.3, 0.4) is 0 Å². The molecule has 8 nitrogen and oxygen atoms in total. The molecule has 0 aromatic heterocycles. The van der Waals surface area contributed by atoms with Crippen molar-refractivity contribution in [1.82, 2.24) is 9.80 Å². The number of hydrogen-bond donors (Lipinski definition) is 0. The second kappa shape index (κ2) is 13.6. The summed E-state index contributed by atoms with van der Waals surface area (Å²) in [5, 5.41) is 11.2. The highest BCUT2D eigenvalue weighted by Crippen LogP contribution is 2.32. The third-order valence-corrected chi connectivity index (χ3v) is 7.74. The van der Waals surface area contributed by atoms with Gasteiger partial charge in [-0.1, -0.05) is 37.6 Å². The summed E-state index contributed by atoms with van der Waals surface area (Å²) < 4.78 is 11.5. The van der Waals surface area contributed by atoms with Gasteiger partial charge in [0.2, 0.25) is 11.7 Å². The van der Waals surface area contributed by atoms with Crippen LogP contribution in [0.25, 0.3) is 0 Å². The van der Waals surface area contributed by atoms with Crippen molar-refractivity contribution >= 4 is 11.6 Å². The molecule has 2 heterocycles. The van der Waals surface area contributed by atoms with E-state index >= 15 is 0 Å². The maximum absolute atomic E-state index is 12.9. The minimum absolute atomic E-state index is 0.0231. The molecule has 8 heteroatoms. The molecule has 0 radical (unpaired) electrons. The Labute approximate surface area is 226 Å². The van der Waals surface area contributed by atoms with Crippen molar-refractivity contribution in [1.29, 1.82) is 0 Å². The number of rotatable bonds is 11. The minimum Gasteiger partial charge on any atom is -0.490 e. The molecule has 0 N–H and O–H groups in total. The lowest BCUT2D eigenvalue weighted by molar-refractivity contribution is -0.385. The summed E-state index contributed by atoms with van der Waals surface area (Å²) in [7, 11) is 0. The molecule has 0 saturated carbocycles. The van der Waals surface area contributed by atoms with Gasteiger partial charge < -0.3 is 19.3 Å². The zero-order valence-electron chi connectivity index (χ0n) is 22.8. The number of hydrogen-bond acceptors (Lipinski definition) is 6. The van der Waals surface area contributed by atoms with Crippen molar-refractivity contribution in [2.45, 2.75) is 70.8 Å². The summed E-state index contributed by atoms with van der Waals surface area (Å²) in [5.74, 6) is 1.61. The second-order valence-electron chi connectivity index (χ2n) is 10.4. The van der Waals surface area contributed by atoms with E-state index in [0.717, 1.165) is 51.7 Å². The van der Waals surface area contributed by atoms with Gasteiger partial charge in [0.25, 0.3) is 0 Å². The Hall–Kier alpha value is -3.13. The third-order valence-electron chi connectivity index (χ3n) is 7.74. The molecule has 4 rings (SSSR count). The van der Waals surface area contributed by atoms with Gasteiger partial charge in [0, 0.05) is 51.0 Å². The van der Waals surface area contributed by atoms with Gasteiger partial charge in [-0.25, -0.2) is 0 Å². The van der Waals surface area contributed by atoms with Crippen LogP contribution in [0.15, 0.2) is 42.5 Å². The quantitative estimate of drug-likeness (QED) is 0.282. The van der Waals surface area contributed by atoms with Gasteiger partial charge in [0.1, 0.15) is 11.9 Å². The highest BCUT2D eigenvalue weighted by Gasteiger charge is 2.26. The number of piperidine rings is 2. The first-order valence-corrected chi connectivity index (χ1v) is 14.1. The van der Waals surface area contributed by atoms with Crippen LogP contribution in [0.1, 0.15) is 69.4 Å². The van der Waals surface area contributed by atoms with Crippen LogP contribution in [0, 0.1) is 10.1 Å². The molecule has 2 saturated heterocycles. The zero-order chi connectivity index (χ0) is 26.9. The van der Waals surface area contributed by atoms with Crippen LogP contribution in [-0.4, -0.2) is 66.1 Å². The number of carbonyl (C=O) groups excluding carboxylic acids is 1. The van der Waals surface area contributed by atoms with E-state index in [4.69, 9.17) is 9.47 Å². The lowest BCUT2D eigenvalue weighted by Gasteiger charge is -2.34. The molecule has 2 aromatic rings. The fourth-order valence-corrected chi connectivity index (χ4v) is 5.55. The predicted molar refractivity (Wildman–Crippen MR) is 148 cm³/mol. The highest BCUT2D eigenvalue weighted by molar-refractivity contribution is 5.76. The molecule has 0 bridgehead atoms. The van der Waals surface area contributed by atoms with E-state index in [1.165, 1.54) is 23.6 Å². The van der Waals surface area contributed by atoms with Crippen LogP contribution in [0.5, 0.6) is 11.5 Å². The average Bonchev–Trinajstić information content (AvgIpc) is 2.93. The predicted octanol–water partition coefficient (Wildman–Crippen LogP) is 5.59. The van der Waals surface area contributed by atoms with Gasteiger partial charge in [-0.05, 0) is 62.4 Å². The third kappa shape index (κ3) is 7.47. The fraction of sp³-hybridized carbons (Fsp3) is 0.567. The standard InChI is InChI=1S/C30H41N3O5/c1-3-5-23-6-8-24(9-7-23)25-12-17-31(18-13-25)19-16-30(34)32-20-14-26(15-21-32)38-27-10-11-28(33(35)36)29(22-27)37-4-2/h6-11,22,25-26H,3-5,12-21H2,1-2H3. The Morgan fingerprint density at radius 3 is 2.34 bits per heavy atom. The molecule has 0 atom stereocenters. The number of likely N-dealkylation sites (tertiary alicyclic amines) is 2. The molecule has 2 fully saturated rings. The van der Waals surface area contributed by atoms with Crippen LogP contribution in [0.4, 0.5) is 5.69 Å². The van der Waals surface area contributed by atoms with E-state index in [0.29, 0.717) is 37.8 Å². The fourth-order valence-electron chi connectivity index (χ4n) is 5.55. The normalized spacial score (nSPS) is 17.4. The summed E-state index contributed by atoms with van der Waals surface area (Å²) >= 11 is 0. The first-order valence-electron chi connectivity index (χ1n) is 14.1. The molecule has 2 aliphatic heterocycles. The molecule has 1 amide bonds. The van der Waals surface area contributed by atoms with Gasteiger partial charge in [0.05, 0.1) is 11.5 Å². The van der Waals surface area contributed by atoms with Crippen molar-refractivity contribution in [3.8, 4) is 11.5 Å². The largest absolute Gasteiger partial charge is 0.490 e. The lowest BCUT2D eigenvalue weighted by Crippen LogP contribution is -2.43. The van der Waals surface area contributed by atoms with Crippen molar-refractivity contribution < 1.29 is 19.2 Å². The van der Waals surface area contributed by atoms with Crippen LogP contribution in [0.2, 0.25) is 0 Å². The Morgan fingerprint density at radius 2 is 1.71 bits per heavy atom.